The first-order chi connectivity index (χ1) is 11.0. The van der Waals surface area contributed by atoms with E-state index in [9.17, 15) is 9.59 Å². The van der Waals surface area contributed by atoms with Gasteiger partial charge in [0, 0.05) is 5.02 Å². The van der Waals surface area contributed by atoms with Crippen LogP contribution in [0.1, 0.15) is 24.1 Å². The molecule has 120 valence electrons. The molecule has 0 radical (unpaired) electrons. The first-order valence-electron chi connectivity index (χ1n) is 7.14. The lowest BCUT2D eigenvalue weighted by molar-refractivity contribution is -0.123. The van der Waals surface area contributed by atoms with Crippen LogP contribution >= 0.6 is 11.6 Å². The summed E-state index contributed by atoms with van der Waals surface area (Å²) in [5.74, 6) is -0.326. The number of nitrogens with two attached hydrogens (primary N) is 1. The number of amides is 3. The van der Waals surface area contributed by atoms with E-state index >= 15 is 0 Å². The van der Waals surface area contributed by atoms with Crippen molar-refractivity contribution in [1.29, 1.82) is 0 Å². The number of carbonyl (C=O) groups is 2. The maximum absolute atomic E-state index is 12.3. The summed E-state index contributed by atoms with van der Waals surface area (Å²) in [6.07, 6.45) is 0. The van der Waals surface area contributed by atoms with Gasteiger partial charge in [-0.2, -0.15) is 0 Å². The minimum absolute atomic E-state index is 0.326. The summed E-state index contributed by atoms with van der Waals surface area (Å²) in [6.45, 7) is 1.57. The summed E-state index contributed by atoms with van der Waals surface area (Å²) in [5, 5.41) is 5.91. The van der Waals surface area contributed by atoms with Crippen LogP contribution in [0.2, 0.25) is 5.02 Å². The van der Waals surface area contributed by atoms with E-state index in [4.69, 9.17) is 17.3 Å². The van der Waals surface area contributed by atoms with Gasteiger partial charge in [0.15, 0.2) is 0 Å². The molecule has 23 heavy (non-hydrogen) atoms. The average Bonchev–Trinajstić information content (AvgIpc) is 2.53. The summed E-state index contributed by atoms with van der Waals surface area (Å²) in [7, 11) is 0. The molecule has 0 saturated carbocycles. The highest BCUT2D eigenvalue weighted by Gasteiger charge is 2.21. The molecule has 0 spiro atoms. The second kappa shape index (κ2) is 7.65. The third-order valence-electron chi connectivity index (χ3n) is 3.37. The molecule has 0 unspecified atom stereocenters. The van der Waals surface area contributed by atoms with Crippen LogP contribution in [0, 0.1) is 0 Å². The van der Waals surface area contributed by atoms with Gasteiger partial charge in [-0.15, -0.1) is 0 Å². The Labute approximate surface area is 139 Å². The minimum Gasteiger partial charge on any atom is -0.352 e. The number of hydrogen-bond acceptors (Lipinski definition) is 2. The van der Waals surface area contributed by atoms with Gasteiger partial charge >= 0.3 is 6.03 Å². The maximum Gasteiger partial charge on any atom is 0.312 e. The second-order valence-electron chi connectivity index (χ2n) is 5.13. The van der Waals surface area contributed by atoms with E-state index in [1.807, 2.05) is 42.5 Å². The Balaban J connectivity index is 2.26. The van der Waals surface area contributed by atoms with E-state index in [0.717, 1.165) is 11.1 Å². The van der Waals surface area contributed by atoms with Crippen LogP contribution in [0.5, 0.6) is 0 Å². The first kappa shape index (κ1) is 16.8. The molecular formula is C17H18ClN3O2. The molecule has 0 saturated heterocycles. The molecule has 4 N–H and O–H groups in total. The predicted molar refractivity (Wildman–Crippen MR) is 90.1 cm³/mol. The van der Waals surface area contributed by atoms with Crippen LogP contribution in [-0.4, -0.2) is 18.0 Å². The topological polar surface area (TPSA) is 84.2 Å². The molecule has 3 amide bonds. The van der Waals surface area contributed by atoms with Gasteiger partial charge in [-0.1, -0.05) is 54.1 Å². The number of carbonyl (C=O) groups excluding carboxylic acids is 2. The summed E-state index contributed by atoms with van der Waals surface area (Å²) in [4.78, 5) is 23.2. The van der Waals surface area contributed by atoms with Crippen LogP contribution in [0.3, 0.4) is 0 Å². The molecule has 2 aromatic carbocycles. The van der Waals surface area contributed by atoms with Crippen molar-refractivity contribution < 1.29 is 9.59 Å². The molecule has 2 aromatic rings. The van der Waals surface area contributed by atoms with Crippen molar-refractivity contribution in [1.82, 2.24) is 10.6 Å². The number of nitrogens with one attached hydrogen (secondary N) is 2. The molecule has 5 nitrogen and oxygen atoms in total. The quantitative estimate of drug-likeness (QED) is 0.786. The Morgan fingerprint density at radius 3 is 2.09 bits per heavy atom. The highest BCUT2D eigenvalue weighted by molar-refractivity contribution is 6.30. The number of urea groups is 1. The van der Waals surface area contributed by atoms with Gasteiger partial charge in [0.1, 0.15) is 6.04 Å². The van der Waals surface area contributed by atoms with Gasteiger partial charge in [0.2, 0.25) is 5.91 Å². The molecule has 0 bridgehead atoms. The molecular weight excluding hydrogens is 314 g/mol. The fourth-order valence-electron chi connectivity index (χ4n) is 2.21. The summed E-state index contributed by atoms with van der Waals surface area (Å²) >= 11 is 5.93. The smallest absolute Gasteiger partial charge is 0.312 e. The van der Waals surface area contributed by atoms with E-state index < -0.39 is 12.1 Å². The lowest BCUT2D eigenvalue weighted by atomic mass is 9.98. The Kier molecular flexibility index (Phi) is 5.60. The number of primary amides is 1. The van der Waals surface area contributed by atoms with Gasteiger partial charge in [-0.05, 0) is 30.2 Å². The molecule has 6 heteroatoms. The van der Waals surface area contributed by atoms with Crippen molar-refractivity contribution in [3.63, 3.8) is 0 Å². The van der Waals surface area contributed by atoms with Crippen molar-refractivity contribution in [3.05, 3.63) is 70.7 Å². The third kappa shape index (κ3) is 4.72. The number of rotatable bonds is 5. The van der Waals surface area contributed by atoms with Crippen LogP contribution in [-0.2, 0) is 4.79 Å². The number of halogens is 1. The summed E-state index contributed by atoms with van der Waals surface area (Å²) in [5.41, 5.74) is 6.87. The van der Waals surface area contributed by atoms with Crippen molar-refractivity contribution in [2.24, 2.45) is 5.73 Å². The lowest BCUT2D eigenvalue weighted by Gasteiger charge is -2.22. The number of benzene rings is 2. The lowest BCUT2D eigenvalue weighted by Crippen LogP contribution is -2.47. The second-order valence-corrected chi connectivity index (χ2v) is 5.57. The maximum atomic E-state index is 12.3. The van der Waals surface area contributed by atoms with Crippen LogP contribution < -0.4 is 16.4 Å². The molecule has 0 aliphatic carbocycles. The van der Waals surface area contributed by atoms with Crippen LogP contribution in [0.4, 0.5) is 4.79 Å². The largest absolute Gasteiger partial charge is 0.352 e. The van der Waals surface area contributed by atoms with E-state index in [1.165, 1.54) is 0 Å². The normalized spacial score (nSPS) is 13.0. The predicted octanol–water partition coefficient (Wildman–Crippen LogP) is 2.60. The zero-order valence-corrected chi connectivity index (χ0v) is 13.4. The molecule has 0 fully saturated rings. The highest BCUT2D eigenvalue weighted by atomic mass is 35.5. The van der Waals surface area contributed by atoms with Gasteiger partial charge in [0.25, 0.3) is 0 Å². The van der Waals surface area contributed by atoms with Crippen molar-refractivity contribution >= 4 is 23.5 Å². The Bertz CT molecular complexity index is 674. The summed E-state index contributed by atoms with van der Waals surface area (Å²) in [6, 6.07) is 15.0. The first-order valence-corrected chi connectivity index (χ1v) is 7.52. The Morgan fingerprint density at radius 1 is 0.957 bits per heavy atom. The molecule has 0 aliphatic heterocycles. The summed E-state index contributed by atoms with van der Waals surface area (Å²) < 4.78 is 0. The van der Waals surface area contributed by atoms with Crippen LogP contribution in [0.15, 0.2) is 54.6 Å². The Hall–Kier alpha value is -2.53. The van der Waals surface area contributed by atoms with E-state index in [-0.39, 0.29) is 11.9 Å². The standard InChI is InChI=1S/C17H18ClN3O2/c1-11(20-17(19)23)16(22)21-15(12-5-3-2-4-6-12)13-7-9-14(18)10-8-13/h2-11,15H,1H3,(H,21,22)(H3,19,20,23)/t11-,15+/m0/s1. The monoisotopic (exact) mass is 331 g/mol. The molecule has 0 aliphatic rings. The van der Waals surface area contributed by atoms with Crippen molar-refractivity contribution in [3.8, 4) is 0 Å². The van der Waals surface area contributed by atoms with E-state index in [0.29, 0.717) is 5.02 Å². The molecule has 2 rings (SSSR count). The minimum atomic E-state index is -0.740. The van der Waals surface area contributed by atoms with Gasteiger partial charge in [-0.3, -0.25) is 4.79 Å². The zero-order valence-electron chi connectivity index (χ0n) is 12.6. The fraction of sp³-hybridized carbons (Fsp3) is 0.176. The van der Waals surface area contributed by atoms with E-state index in [1.54, 1.807) is 19.1 Å². The van der Waals surface area contributed by atoms with Gasteiger partial charge in [-0.25, -0.2) is 4.79 Å². The molecule has 0 aromatic heterocycles. The average molecular weight is 332 g/mol. The van der Waals surface area contributed by atoms with Gasteiger partial charge in [0.05, 0.1) is 6.04 Å². The van der Waals surface area contributed by atoms with E-state index in [2.05, 4.69) is 10.6 Å². The number of hydrogen-bond donors (Lipinski definition) is 3. The van der Waals surface area contributed by atoms with Gasteiger partial charge < -0.3 is 16.4 Å². The fourth-order valence-corrected chi connectivity index (χ4v) is 2.33. The van der Waals surface area contributed by atoms with Crippen LogP contribution in [0.25, 0.3) is 0 Å². The SMILES string of the molecule is C[C@H](NC(N)=O)C(=O)N[C@H](c1ccccc1)c1ccc(Cl)cc1. The zero-order chi connectivity index (χ0) is 16.8. The molecule has 0 heterocycles. The third-order valence-corrected chi connectivity index (χ3v) is 3.63. The molecule has 2 atom stereocenters. The van der Waals surface area contributed by atoms with Crippen molar-refractivity contribution in [2.75, 3.05) is 0 Å². The highest BCUT2D eigenvalue weighted by Crippen LogP contribution is 2.23. The Morgan fingerprint density at radius 2 is 1.52 bits per heavy atom. The van der Waals surface area contributed by atoms with Crippen molar-refractivity contribution in [2.45, 2.75) is 19.0 Å².